The molecule has 1 aliphatic carbocycles. The molecular formula is C17H19N2O7S2+. The second-order valence-corrected chi connectivity index (χ2v) is 10.5. The smallest absolute Gasteiger partial charge is 0.382 e. The molecule has 0 bridgehead atoms. The van der Waals surface area contributed by atoms with Crippen LogP contribution < -0.4 is 9.28 Å². The zero-order valence-electron chi connectivity index (χ0n) is 14.8. The second kappa shape index (κ2) is 7.84. The van der Waals surface area contributed by atoms with E-state index in [0.29, 0.717) is 12.8 Å². The van der Waals surface area contributed by atoms with Crippen LogP contribution in [0.3, 0.4) is 0 Å². The van der Waals surface area contributed by atoms with Crippen LogP contribution in [0.1, 0.15) is 32.1 Å². The van der Waals surface area contributed by atoms with E-state index in [4.69, 9.17) is 0 Å². The van der Waals surface area contributed by atoms with Crippen molar-refractivity contribution in [2.75, 3.05) is 0 Å². The van der Waals surface area contributed by atoms with Crippen molar-refractivity contribution in [3.63, 3.8) is 0 Å². The molecule has 28 heavy (non-hydrogen) atoms. The number of nitrogens with one attached hydrogen (secondary N) is 1. The Morgan fingerprint density at radius 2 is 1.61 bits per heavy atom. The third-order valence-corrected chi connectivity index (χ3v) is 8.61. The number of rotatable bonds is 6. The lowest BCUT2D eigenvalue weighted by atomic mass is 10.0. The summed E-state index contributed by atoms with van der Waals surface area (Å²) >= 11 is 0. The molecule has 1 aromatic carbocycles. The van der Waals surface area contributed by atoms with E-state index in [2.05, 4.69) is 9.84 Å². The maximum absolute atomic E-state index is 12.7. The number of hydrogen-bond acceptors (Lipinski definition) is 7. The first-order chi connectivity index (χ1) is 13.3. The molecule has 11 heteroatoms. The Morgan fingerprint density at radius 1 is 0.964 bits per heavy atom. The number of nitrogens with zero attached hydrogens (tertiary/aromatic N) is 1. The molecule has 0 amide bonds. The molecule has 9 nitrogen and oxygen atoms in total. The Morgan fingerprint density at radius 3 is 2.18 bits per heavy atom. The Kier molecular flexibility index (Phi) is 5.66. The van der Waals surface area contributed by atoms with E-state index in [-0.39, 0.29) is 21.7 Å². The Hall–Kier alpha value is -2.53. The third kappa shape index (κ3) is 3.85. The van der Waals surface area contributed by atoms with E-state index in [9.17, 15) is 26.5 Å². The number of carbonyl (C=O) groups is 1. The lowest BCUT2D eigenvalue weighted by molar-refractivity contribution is -0.610. The van der Waals surface area contributed by atoms with Crippen molar-refractivity contribution in [1.82, 2.24) is 5.10 Å². The summed E-state index contributed by atoms with van der Waals surface area (Å²) in [6.07, 6.45) is 3.49. The van der Waals surface area contributed by atoms with E-state index < -0.39 is 35.0 Å². The van der Waals surface area contributed by atoms with Gasteiger partial charge in [0.05, 0.1) is 15.1 Å². The summed E-state index contributed by atoms with van der Waals surface area (Å²) in [7, 11) is -7.95. The van der Waals surface area contributed by atoms with Gasteiger partial charge in [0.25, 0.3) is 6.47 Å². The summed E-state index contributed by atoms with van der Waals surface area (Å²) in [6.45, 7) is 0.211. The summed E-state index contributed by atoms with van der Waals surface area (Å²) in [6, 6.07) is 7.08. The monoisotopic (exact) mass is 427 g/mol. The van der Waals surface area contributed by atoms with Crippen LogP contribution in [-0.4, -0.2) is 33.7 Å². The summed E-state index contributed by atoms with van der Waals surface area (Å²) in [5.41, 5.74) is 0. The van der Waals surface area contributed by atoms with E-state index in [1.807, 2.05) is 0 Å². The summed E-state index contributed by atoms with van der Waals surface area (Å²) in [5.74, 6) is 0.158. The molecular weight excluding hydrogens is 408 g/mol. The maximum Gasteiger partial charge on any atom is 0.382 e. The number of hydrogen-bond donors (Lipinski definition) is 1. The maximum atomic E-state index is 12.7. The standard InChI is InChI=1S/C17H19N2O7S2/c20-12-26-13-6-8-15(9-7-13)27(22,23)16-10-11-17(19(21)18-16)28(24,25)14-4-2-1-3-5-14/h6-12,14H,1-5H2,(H,18,21)/q+1. The summed E-state index contributed by atoms with van der Waals surface area (Å²) in [5, 5.41) is 0.527. The van der Waals surface area contributed by atoms with Gasteiger partial charge in [0, 0.05) is 6.07 Å². The van der Waals surface area contributed by atoms with Crippen LogP contribution in [-0.2, 0) is 24.5 Å². The Balaban J connectivity index is 1.95. The second-order valence-electron chi connectivity index (χ2n) is 6.44. The van der Waals surface area contributed by atoms with Gasteiger partial charge in [0.2, 0.25) is 19.7 Å². The largest absolute Gasteiger partial charge is 0.429 e. The van der Waals surface area contributed by atoms with E-state index in [1.54, 1.807) is 0 Å². The van der Waals surface area contributed by atoms with Crippen LogP contribution in [0.2, 0.25) is 0 Å². The minimum Gasteiger partial charge on any atom is -0.429 e. The van der Waals surface area contributed by atoms with Crippen LogP contribution in [0.15, 0.2) is 51.3 Å². The van der Waals surface area contributed by atoms with E-state index >= 15 is 0 Å². The highest BCUT2D eigenvalue weighted by Gasteiger charge is 2.37. The van der Waals surface area contributed by atoms with Crippen molar-refractivity contribution in [3.8, 4) is 5.75 Å². The highest BCUT2D eigenvalue weighted by atomic mass is 32.2. The van der Waals surface area contributed by atoms with E-state index in [0.717, 1.165) is 31.4 Å². The van der Waals surface area contributed by atoms with Crippen LogP contribution in [0.4, 0.5) is 0 Å². The zero-order valence-corrected chi connectivity index (χ0v) is 16.4. The van der Waals surface area contributed by atoms with Gasteiger partial charge in [-0.2, -0.15) is 0 Å². The Bertz CT molecular complexity index is 1130. The minimum absolute atomic E-state index is 0.0132. The number of benzene rings is 1. The van der Waals surface area contributed by atoms with Gasteiger partial charge in [-0.05, 0) is 43.2 Å². The van der Waals surface area contributed by atoms with Gasteiger partial charge in [-0.25, -0.2) is 16.8 Å². The topological polar surface area (TPSA) is 133 Å². The average molecular weight is 427 g/mol. The molecule has 1 aliphatic rings. The van der Waals surface area contributed by atoms with Crippen LogP contribution >= 0.6 is 0 Å². The molecule has 0 saturated heterocycles. The number of carbonyl (C=O) groups excluding carboxylic acids is 1. The molecule has 0 radical (unpaired) electrons. The molecule has 1 saturated carbocycles. The van der Waals surface area contributed by atoms with Crippen molar-refractivity contribution < 1.29 is 30.9 Å². The van der Waals surface area contributed by atoms with Gasteiger partial charge in [0.15, 0.2) is 9.57 Å². The van der Waals surface area contributed by atoms with Crippen LogP contribution in [0.5, 0.6) is 5.75 Å². The fourth-order valence-electron chi connectivity index (χ4n) is 3.19. The number of sulfone groups is 2. The predicted octanol–water partition coefficient (Wildman–Crippen LogP) is 1.40. The van der Waals surface area contributed by atoms with Gasteiger partial charge >= 0.3 is 5.03 Å². The fraction of sp³-hybridized carbons (Fsp3) is 0.353. The molecule has 1 N–H and O–H groups in total. The van der Waals surface area contributed by atoms with Crippen molar-refractivity contribution in [2.24, 2.45) is 0 Å². The minimum atomic E-state index is -4.10. The van der Waals surface area contributed by atoms with Gasteiger partial charge in [-0.3, -0.25) is 4.79 Å². The number of aromatic nitrogens is 2. The normalized spacial score (nSPS) is 15.9. The third-order valence-electron chi connectivity index (χ3n) is 4.68. The first-order valence-electron chi connectivity index (χ1n) is 8.62. The van der Waals surface area contributed by atoms with Gasteiger partial charge in [-0.15, -0.1) is 5.10 Å². The van der Waals surface area contributed by atoms with Crippen molar-refractivity contribution >= 4 is 26.1 Å². The molecule has 3 rings (SSSR count). The number of ether oxygens (including phenoxy) is 1. The number of aromatic amines is 1. The van der Waals surface area contributed by atoms with Crippen molar-refractivity contribution in [2.45, 2.75) is 52.3 Å². The molecule has 0 spiro atoms. The molecule has 2 aromatic rings. The molecule has 0 atom stereocenters. The first-order valence-corrected chi connectivity index (χ1v) is 11.6. The highest BCUT2D eigenvalue weighted by molar-refractivity contribution is 7.92. The molecule has 1 fully saturated rings. The zero-order chi connectivity index (χ0) is 20.4. The number of H-pyrrole nitrogens is 1. The predicted molar refractivity (Wildman–Crippen MR) is 96.8 cm³/mol. The molecule has 1 aromatic heterocycles. The molecule has 150 valence electrons. The summed E-state index contributed by atoms with van der Waals surface area (Å²) < 4.78 is 55.4. The molecule has 0 unspecified atom stereocenters. The fourth-order valence-corrected chi connectivity index (χ4v) is 6.22. The lowest BCUT2D eigenvalue weighted by Gasteiger charge is -2.18. The molecule has 0 aliphatic heterocycles. The van der Waals surface area contributed by atoms with E-state index in [1.165, 1.54) is 24.3 Å². The Labute approximate surface area is 161 Å². The molecule has 1 heterocycles. The first kappa shape index (κ1) is 20.2. The summed E-state index contributed by atoms with van der Waals surface area (Å²) in [4.78, 5) is 22.5. The average Bonchev–Trinajstić information content (AvgIpc) is 2.69. The van der Waals surface area contributed by atoms with Gasteiger partial charge < -0.3 is 4.74 Å². The van der Waals surface area contributed by atoms with Crippen LogP contribution in [0.25, 0.3) is 0 Å². The highest BCUT2D eigenvalue weighted by Crippen LogP contribution is 2.27. The van der Waals surface area contributed by atoms with Crippen molar-refractivity contribution in [1.29, 1.82) is 0 Å². The SMILES string of the molecule is O=COc1ccc(S(=O)(=O)c2ccc(S(=O)(=O)C3CCCCC3)[n+](=O)[nH]2)cc1. The lowest BCUT2D eigenvalue weighted by Crippen LogP contribution is -2.35. The van der Waals surface area contributed by atoms with Gasteiger partial charge in [-0.1, -0.05) is 19.3 Å². The van der Waals surface area contributed by atoms with Crippen LogP contribution in [0, 0.1) is 4.91 Å². The van der Waals surface area contributed by atoms with Crippen molar-refractivity contribution in [3.05, 3.63) is 41.3 Å². The quantitative estimate of drug-likeness (QED) is 0.544. The van der Waals surface area contributed by atoms with Gasteiger partial charge in [0.1, 0.15) is 5.75 Å².